The second-order valence-electron chi connectivity index (χ2n) is 10.3. The first-order chi connectivity index (χ1) is 19.7. The normalized spacial score (nSPS) is 12.6. The van der Waals surface area contributed by atoms with Gasteiger partial charge in [-0.05, 0) is 35.7 Å². The number of benzene rings is 3. The molecule has 0 aliphatic carbocycles. The molecule has 42 heavy (non-hydrogen) atoms. The van der Waals surface area contributed by atoms with Gasteiger partial charge in [0.2, 0.25) is 21.8 Å². The Morgan fingerprint density at radius 1 is 0.929 bits per heavy atom. The quantitative estimate of drug-likeness (QED) is 0.293. The molecule has 0 aromatic heterocycles. The molecule has 1 unspecified atom stereocenters. The molecule has 0 radical (unpaired) electrons. The van der Waals surface area contributed by atoms with Crippen LogP contribution in [0.4, 0.5) is 23.2 Å². The number of sulfonamides is 1. The number of nitrogens with zero attached hydrogens (tertiary/aromatic N) is 2. The molecule has 3 aromatic rings. The van der Waals surface area contributed by atoms with Crippen molar-refractivity contribution in [1.82, 2.24) is 10.2 Å². The van der Waals surface area contributed by atoms with E-state index in [1.807, 2.05) is 13.8 Å². The topological polar surface area (TPSA) is 86.8 Å². The van der Waals surface area contributed by atoms with Gasteiger partial charge in [-0.15, -0.1) is 0 Å². The lowest BCUT2D eigenvalue weighted by Crippen LogP contribution is -2.53. The molecule has 7 nitrogen and oxygen atoms in total. The summed E-state index contributed by atoms with van der Waals surface area (Å²) in [5.74, 6) is -2.01. The molecular weight excluding hydrogens is 574 g/mol. The fraction of sp³-hybridized carbons (Fsp3) is 0.333. The fourth-order valence-corrected chi connectivity index (χ4v) is 5.08. The van der Waals surface area contributed by atoms with Gasteiger partial charge >= 0.3 is 6.18 Å². The second kappa shape index (κ2) is 13.8. The van der Waals surface area contributed by atoms with Gasteiger partial charge in [0.15, 0.2) is 0 Å². The summed E-state index contributed by atoms with van der Waals surface area (Å²) >= 11 is 0. The third-order valence-electron chi connectivity index (χ3n) is 6.39. The Balaban J connectivity index is 2.08. The van der Waals surface area contributed by atoms with Crippen LogP contribution >= 0.6 is 0 Å². The van der Waals surface area contributed by atoms with E-state index in [0.29, 0.717) is 15.9 Å². The van der Waals surface area contributed by atoms with Crippen molar-refractivity contribution in [3.63, 3.8) is 0 Å². The zero-order valence-electron chi connectivity index (χ0n) is 23.4. The van der Waals surface area contributed by atoms with Crippen molar-refractivity contribution in [3.05, 3.63) is 101 Å². The van der Waals surface area contributed by atoms with Crippen molar-refractivity contribution in [2.75, 3.05) is 23.7 Å². The van der Waals surface area contributed by atoms with Crippen molar-refractivity contribution >= 4 is 27.5 Å². The Kier molecular flexibility index (Phi) is 10.7. The van der Waals surface area contributed by atoms with Gasteiger partial charge < -0.3 is 10.2 Å². The Morgan fingerprint density at radius 2 is 1.57 bits per heavy atom. The van der Waals surface area contributed by atoms with E-state index in [1.165, 1.54) is 18.2 Å². The minimum absolute atomic E-state index is 0.0212. The molecule has 12 heteroatoms. The first-order valence-corrected chi connectivity index (χ1v) is 15.0. The summed E-state index contributed by atoms with van der Waals surface area (Å²) in [6, 6.07) is 16.8. The van der Waals surface area contributed by atoms with Crippen LogP contribution in [-0.2, 0) is 38.8 Å². The van der Waals surface area contributed by atoms with Gasteiger partial charge in [0, 0.05) is 25.1 Å². The van der Waals surface area contributed by atoms with E-state index < -0.39 is 58.5 Å². The van der Waals surface area contributed by atoms with Crippen LogP contribution in [0.1, 0.15) is 30.5 Å². The monoisotopic (exact) mass is 607 g/mol. The molecule has 226 valence electrons. The van der Waals surface area contributed by atoms with Gasteiger partial charge in [-0.25, -0.2) is 12.8 Å². The molecule has 3 rings (SSSR count). The molecule has 0 saturated carbocycles. The van der Waals surface area contributed by atoms with E-state index in [9.17, 15) is 35.6 Å². The number of amides is 2. The van der Waals surface area contributed by atoms with Crippen LogP contribution in [0, 0.1) is 11.7 Å². The van der Waals surface area contributed by atoms with Crippen molar-refractivity contribution in [3.8, 4) is 0 Å². The summed E-state index contributed by atoms with van der Waals surface area (Å²) in [5.41, 5.74) is -0.716. The Bertz CT molecular complexity index is 1480. The third kappa shape index (κ3) is 9.04. The lowest BCUT2D eigenvalue weighted by molar-refractivity contribution is -0.140. The number of nitrogens with one attached hydrogen (secondary N) is 1. The second-order valence-corrected chi connectivity index (χ2v) is 12.2. The molecule has 0 saturated heterocycles. The van der Waals surface area contributed by atoms with Crippen LogP contribution in [0.15, 0.2) is 78.9 Å². The minimum atomic E-state index is -4.75. The number of rotatable bonds is 12. The SMILES string of the molecule is CC(C)CNC(=O)C(Cc1ccccc1)N(Cc1ccccc1F)C(=O)CN(c1cccc(C(F)(F)F)c1)S(C)(=O)=O. The Hall–Kier alpha value is -3.93. The standard InChI is InChI=1S/C30H33F4N3O4S/c1-21(2)18-35-29(39)27(16-22-10-5-4-6-11-22)36(19-23-12-7-8-15-26(23)31)28(38)20-37(42(3,40)41)25-14-9-13-24(17-25)30(32,33)34/h4-15,17,21,27H,16,18-20H2,1-3H3,(H,35,39). The highest BCUT2D eigenvalue weighted by atomic mass is 32.2. The number of anilines is 1. The Morgan fingerprint density at radius 3 is 2.17 bits per heavy atom. The molecular formula is C30H33F4N3O4S. The lowest BCUT2D eigenvalue weighted by Gasteiger charge is -2.33. The summed E-state index contributed by atoms with van der Waals surface area (Å²) in [6.45, 7) is 2.74. The maximum absolute atomic E-state index is 14.8. The van der Waals surface area contributed by atoms with E-state index in [0.717, 1.165) is 29.4 Å². The molecule has 1 atom stereocenters. The average Bonchev–Trinajstić information content (AvgIpc) is 2.92. The zero-order valence-corrected chi connectivity index (χ0v) is 24.3. The maximum Gasteiger partial charge on any atom is 0.416 e. The lowest BCUT2D eigenvalue weighted by atomic mass is 10.0. The molecule has 0 bridgehead atoms. The van der Waals surface area contributed by atoms with Crippen molar-refractivity contribution in [1.29, 1.82) is 0 Å². The van der Waals surface area contributed by atoms with Gasteiger partial charge in [0.05, 0.1) is 17.5 Å². The van der Waals surface area contributed by atoms with Gasteiger partial charge in [-0.3, -0.25) is 13.9 Å². The van der Waals surface area contributed by atoms with Crippen LogP contribution in [0.2, 0.25) is 0 Å². The Labute approximate surface area is 243 Å². The van der Waals surface area contributed by atoms with Gasteiger partial charge in [0.1, 0.15) is 18.4 Å². The molecule has 1 N–H and O–H groups in total. The highest BCUT2D eigenvalue weighted by Crippen LogP contribution is 2.32. The van der Waals surface area contributed by atoms with Crippen LogP contribution in [-0.4, -0.2) is 50.5 Å². The van der Waals surface area contributed by atoms with Crippen molar-refractivity contribution in [2.45, 2.75) is 39.0 Å². The number of hydrogen-bond acceptors (Lipinski definition) is 4. The number of alkyl halides is 3. The predicted octanol–water partition coefficient (Wildman–Crippen LogP) is 5.02. The zero-order chi connectivity index (χ0) is 31.1. The predicted molar refractivity (Wildman–Crippen MR) is 152 cm³/mol. The van der Waals surface area contributed by atoms with Crippen molar-refractivity contribution < 1.29 is 35.6 Å². The number of carbonyl (C=O) groups excluding carboxylic acids is 2. The number of halogens is 4. The maximum atomic E-state index is 14.8. The first kappa shape index (κ1) is 32.6. The summed E-state index contributed by atoms with van der Waals surface area (Å²) in [4.78, 5) is 28.5. The smallest absolute Gasteiger partial charge is 0.354 e. The van der Waals surface area contributed by atoms with Gasteiger partial charge in [-0.1, -0.05) is 68.4 Å². The highest BCUT2D eigenvalue weighted by Gasteiger charge is 2.35. The number of hydrogen-bond donors (Lipinski definition) is 1. The summed E-state index contributed by atoms with van der Waals surface area (Å²) < 4.78 is 81.1. The molecule has 0 spiro atoms. The van der Waals surface area contributed by atoms with E-state index >= 15 is 0 Å². The highest BCUT2D eigenvalue weighted by molar-refractivity contribution is 7.92. The molecule has 0 aliphatic rings. The summed E-state index contributed by atoms with van der Waals surface area (Å²) in [6.07, 6.45) is -3.97. The summed E-state index contributed by atoms with van der Waals surface area (Å²) in [7, 11) is -4.27. The molecule has 0 fully saturated rings. The van der Waals surface area contributed by atoms with Gasteiger partial charge in [-0.2, -0.15) is 13.2 Å². The molecule has 0 aliphatic heterocycles. The largest absolute Gasteiger partial charge is 0.416 e. The van der Waals surface area contributed by atoms with Crippen LogP contribution < -0.4 is 9.62 Å². The average molecular weight is 608 g/mol. The number of carbonyl (C=O) groups is 2. The van der Waals surface area contributed by atoms with Gasteiger partial charge in [0.25, 0.3) is 0 Å². The fourth-order valence-electron chi connectivity index (χ4n) is 4.24. The first-order valence-electron chi connectivity index (χ1n) is 13.2. The molecule has 2 amide bonds. The van der Waals surface area contributed by atoms with Crippen LogP contribution in [0.25, 0.3) is 0 Å². The van der Waals surface area contributed by atoms with Crippen LogP contribution in [0.3, 0.4) is 0 Å². The molecule has 3 aromatic carbocycles. The summed E-state index contributed by atoms with van der Waals surface area (Å²) in [5, 5.41) is 2.79. The van der Waals surface area contributed by atoms with Crippen LogP contribution in [0.5, 0.6) is 0 Å². The minimum Gasteiger partial charge on any atom is -0.354 e. The van der Waals surface area contributed by atoms with E-state index in [1.54, 1.807) is 36.4 Å². The van der Waals surface area contributed by atoms with E-state index in [2.05, 4.69) is 5.32 Å². The van der Waals surface area contributed by atoms with E-state index in [-0.39, 0.29) is 30.1 Å². The molecule has 0 heterocycles. The third-order valence-corrected chi connectivity index (χ3v) is 7.54. The van der Waals surface area contributed by atoms with Crippen molar-refractivity contribution in [2.24, 2.45) is 5.92 Å². The van der Waals surface area contributed by atoms with E-state index in [4.69, 9.17) is 0 Å².